The molecule has 1 aliphatic rings. The number of fused-ring (bicyclic) bond motifs is 1. The van der Waals surface area contributed by atoms with Crippen LogP contribution in [0.3, 0.4) is 0 Å². The summed E-state index contributed by atoms with van der Waals surface area (Å²) < 4.78 is 13.2. The van der Waals surface area contributed by atoms with Crippen LogP contribution in [0.15, 0.2) is 24.3 Å². The van der Waals surface area contributed by atoms with Crippen LogP contribution in [0.2, 0.25) is 5.15 Å². The molecule has 0 saturated carbocycles. The van der Waals surface area contributed by atoms with Crippen molar-refractivity contribution in [3.05, 3.63) is 40.8 Å². The number of nitrogens with zero attached hydrogens (tertiary/aromatic N) is 2. The first-order chi connectivity index (χ1) is 9.56. The summed E-state index contributed by atoms with van der Waals surface area (Å²) in [5, 5.41) is 10.2. The molecule has 1 atom stereocenters. The highest BCUT2D eigenvalue weighted by Crippen LogP contribution is 2.36. The highest BCUT2D eigenvalue weighted by molar-refractivity contribution is 6.30. The van der Waals surface area contributed by atoms with Gasteiger partial charge in [-0.15, -0.1) is 0 Å². The van der Waals surface area contributed by atoms with Gasteiger partial charge in [0.15, 0.2) is 0 Å². The molecule has 20 heavy (non-hydrogen) atoms. The number of amides is 1. The number of rotatable bonds is 1. The second-order valence-electron chi connectivity index (χ2n) is 4.84. The fourth-order valence-electron chi connectivity index (χ4n) is 2.69. The van der Waals surface area contributed by atoms with E-state index in [0.29, 0.717) is 17.6 Å². The van der Waals surface area contributed by atoms with Crippen LogP contribution >= 0.6 is 11.6 Å². The van der Waals surface area contributed by atoms with Gasteiger partial charge in [-0.1, -0.05) is 11.6 Å². The van der Waals surface area contributed by atoms with Crippen molar-refractivity contribution in [3.63, 3.8) is 0 Å². The topological polar surface area (TPSA) is 53.4 Å². The normalized spacial score (nSPS) is 18.7. The van der Waals surface area contributed by atoms with Gasteiger partial charge in [-0.3, -0.25) is 0 Å². The van der Waals surface area contributed by atoms with Gasteiger partial charge in [0.1, 0.15) is 11.0 Å². The molecule has 0 radical (unpaired) electrons. The zero-order valence-electron chi connectivity index (χ0n) is 10.5. The number of halogens is 2. The van der Waals surface area contributed by atoms with Crippen molar-refractivity contribution in [3.8, 4) is 0 Å². The lowest BCUT2D eigenvalue weighted by molar-refractivity contribution is 0.140. The number of carboxylic acid groups (broad SMARTS) is 1. The van der Waals surface area contributed by atoms with Crippen molar-refractivity contribution >= 4 is 28.6 Å². The van der Waals surface area contributed by atoms with Crippen molar-refractivity contribution in [2.45, 2.75) is 18.9 Å². The van der Waals surface area contributed by atoms with Gasteiger partial charge >= 0.3 is 6.09 Å². The third-order valence-corrected chi connectivity index (χ3v) is 3.92. The van der Waals surface area contributed by atoms with E-state index in [2.05, 4.69) is 4.98 Å². The summed E-state index contributed by atoms with van der Waals surface area (Å²) >= 11 is 6.15. The Morgan fingerprint density at radius 2 is 2.25 bits per heavy atom. The van der Waals surface area contributed by atoms with Gasteiger partial charge in [0.05, 0.1) is 11.6 Å². The molecule has 1 N–H and O–H groups in total. The van der Waals surface area contributed by atoms with Crippen LogP contribution in [0.25, 0.3) is 10.9 Å². The zero-order chi connectivity index (χ0) is 14.3. The van der Waals surface area contributed by atoms with E-state index in [1.54, 1.807) is 12.1 Å². The minimum absolute atomic E-state index is 0.237. The molecule has 1 aliphatic heterocycles. The van der Waals surface area contributed by atoms with Crippen LogP contribution in [0.5, 0.6) is 0 Å². The van der Waals surface area contributed by atoms with E-state index in [9.17, 15) is 14.3 Å². The number of pyridine rings is 1. The number of hydrogen-bond donors (Lipinski definition) is 1. The maximum atomic E-state index is 13.2. The highest BCUT2D eigenvalue weighted by atomic mass is 35.5. The number of benzene rings is 1. The number of likely N-dealkylation sites (tertiary alicyclic amines) is 1. The molecule has 0 bridgehead atoms. The summed E-state index contributed by atoms with van der Waals surface area (Å²) in [4.78, 5) is 16.8. The Bertz CT molecular complexity index is 692. The molecule has 0 aliphatic carbocycles. The Labute approximate surface area is 119 Å². The Morgan fingerprint density at radius 1 is 1.45 bits per heavy atom. The smallest absolute Gasteiger partial charge is 0.407 e. The molecule has 6 heteroatoms. The maximum Gasteiger partial charge on any atom is 0.407 e. The van der Waals surface area contributed by atoms with Crippen LogP contribution in [0.4, 0.5) is 9.18 Å². The van der Waals surface area contributed by atoms with Crippen LogP contribution in [-0.4, -0.2) is 27.6 Å². The van der Waals surface area contributed by atoms with Gasteiger partial charge in [0.25, 0.3) is 0 Å². The van der Waals surface area contributed by atoms with Crippen molar-refractivity contribution in [2.24, 2.45) is 0 Å². The molecule has 0 spiro atoms. The lowest BCUT2D eigenvalue weighted by atomic mass is 10.0. The summed E-state index contributed by atoms with van der Waals surface area (Å²) in [5.41, 5.74) is 1.16. The second kappa shape index (κ2) is 4.90. The molecular formula is C14H12ClFN2O2. The Kier molecular flexibility index (Phi) is 3.22. The summed E-state index contributed by atoms with van der Waals surface area (Å²) in [6.45, 7) is 0.498. The van der Waals surface area contributed by atoms with Gasteiger partial charge in [-0.05, 0) is 31.0 Å². The first-order valence-electron chi connectivity index (χ1n) is 6.31. The van der Waals surface area contributed by atoms with Gasteiger partial charge in [0.2, 0.25) is 0 Å². The van der Waals surface area contributed by atoms with Crippen molar-refractivity contribution < 1.29 is 14.3 Å². The number of aromatic nitrogens is 1. The lowest BCUT2D eigenvalue weighted by Gasteiger charge is -2.22. The van der Waals surface area contributed by atoms with E-state index in [-0.39, 0.29) is 17.0 Å². The average Bonchev–Trinajstić information content (AvgIpc) is 2.87. The molecule has 1 aromatic heterocycles. The molecule has 2 heterocycles. The Balaban J connectivity index is 2.09. The zero-order valence-corrected chi connectivity index (χ0v) is 11.3. The third-order valence-electron chi connectivity index (χ3n) is 3.62. The largest absolute Gasteiger partial charge is 0.465 e. The molecule has 2 aromatic rings. The van der Waals surface area contributed by atoms with Crippen LogP contribution < -0.4 is 0 Å². The highest BCUT2D eigenvalue weighted by Gasteiger charge is 2.31. The standard InChI is InChI=1S/C14H12ClFN2O2/c15-13-10(12-2-1-5-18(12)14(19)20)6-8-3-4-9(16)7-11(8)17-13/h3-4,6-7,12H,1-2,5H2,(H,19,20). The minimum Gasteiger partial charge on any atom is -0.465 e. The van der Waals surface area contributed by atoms with Crippen molar-refractivity contribution in [1.82, 2.24) is 9.88 Å². The summed E-state index contributed by atoms with van der Waals surface area (Å²) in [6, 6.07) is 5.81. The van der Waals surface area contributed by atoms with Crippen molar-refractivity contribution in [1.29, 1.82) is 0 Å². The first-order valence-corrected chi connectivity index (χ1v) is 6.69. The molecule has 1 unspecified atom stereocenters. The van der Waals surface area contributed by atoms with E-state index in [1.165, 1.54) is 17.0 Å². The first kappa shape index (κ1) is 13.1. The van der Waals surface area contributed by atoms with E-state index >= 15 is 0 Å². The summed E-state index contributed by atoms with van der Waals surface area (Å²) in [6.07, 6.45) is 0.567. The molecule has 3 rings (SSSR count). The fourth-order valence-corrected chi connectivity index (χ4v) is 2.96. The van der Waals surface area contributed by atoms with Crippen LogP contribution in [-0.2, 0) is 0 Å². The van der Waals surface area contributed by atoms with Gasteiger partial charge in [0, 0.05) is 23.6 Å². The fraction of sp³-hybridized carbons (Fsp3) is 0.286. The SMILES string of the molecule is O=C(O)N1CCCC1c1cc2ccc(F)cc2nc1Cl. The summed E-state index contributed by atoms with van der Waals surface area (Å²) in [7, 11) is 0. The summed E-state index contributed by atoms with van der Waals surface area (Å²) in [5.74, 6) is -0.373. The average molecular weight is 295 g/mol. The third kappa shape index (κ3) is 2.18. The van der Waals surface area contributed by atoms with Gasteiger partial charge in [-0.2, -0.15) is 0 Å². The minimum atomic E-state index is -0.956. The molecule has 104 valence electrons. The van der Waals surface area contributed by atoms with Gasteiger partial charge in [-0.25, -0.2) is 14.2 Å². The lowest BCUT2D eigenvalue weighted by Crippen LogP contribution is -2.29. The second-order valence-corrected chi connectivity index (χ2v) is 5.20. The molecule has 1 fully saturated rings. The Morgan fingerprint density at radius 3 is 3.00 bits per heavy atom. The van der Waals surface area contributed by atoms with E-state index in [0.717, 1.165) is 18.2 Å². The quantitative estimate of drug-likeness (QED) is 0.813. The number of hydrogen-bond acceptors (Lipinski definition) is 2. The van der Waals surface area contributed by atoms with Gasteiger partial charge < -0.3 is 10.0 Å². The van der Waals surface area contributed by atoms with Crippen molar-refractivity contribution in [2.75, 3.05) is 6.54 Å². The maximum absolute atomic E-state index is 13.2. The Hall–Kier alpha value is -1.88. The molecule has 1 aromatic carbocycles. The predicted octanol–water partition coefficient (Wildman–Crippen LogP) is 3.84. The molecule has 1 amide bonds. The van der Waals surface area contributed by atoms with E-state index in [1.807, 2.05) is 0 Å². The van der Waals surface area contributed by atoms with E-state index in [4.69, 9.17) is 11.6 Å². The van der Waals surface area contributed by atoms with Crippen LogP contribution in [0, 0.1) is 5.82 Å². The molecular weight excluding hydrogens is 283 g/mol. The van der Waals surface area contributed by atoms with Crippen LogP contribution in [0.1, 0.15) is 24.4 Å². The predicted molar refractivity (Wildman–Crippen MR) is 73.4 cm³/mol. The van der Waals surface area contributed by atoms with E-state index < -0.39 is 6.09 Å². The molecule has 4 nitrogen and oxygen atoms in total. The monoisotopic (exact) mass is 294 g/mol. The number of carbonyl (C=O) groups is 1. The molecule has 1 saturated heterocycles.